The first-order chi connectivity index (χ1) is 8.24. The Morgan fingerprint density at radius 1 is 1.53 bits per heavy atom. The Bertz CT molecular complexity index is 436. The molecule has 0 radical (unpaired) electrons. The SMILES string of the molecule is COC1CC(NCc2cccc(C#N)c2F)C1. The lowest BCUT2D eigenvalue weighted by Crippen LogP contribution is -2.44. The van der Waals surface area contributed by atoms with Crippen LogP contribution in [0.3, 0.4) is 0 Å². The lowest BCUT2D eigenvalue weighted by Gasteiger charge is -2.34. The molecule has 0 amide bonds. The van der Waals surface area contributed by atoms with Gasteiger partial charge < -0.3 is 10.1 Å². The molecule has 1 aliphatic carbocycles. The maximum atomic E-state index is 13.7. The molecule has 3 nitrogen and oxygen atoms in total. The highest BCUT2D eigenvalue weighted by molar-refractivity contribution is 5.34. The number of hydrogen-bond donors (Lipinski definition) is 1. The number of benzene rings is 1. The first-order valence-corrected chi connectivity index (χ1v) is 5.68. The Morgan fingerprint density at radius 2 is 2.29 bits per heavy atom. The molecule has 0 aliphatic heterocycles. The Labute approximate surface area is 100 Å². The third kappa shape index (κ3) is 2.63. The van der Waals surface area contributed by atoms with Crippen LogP contribution in [0, 0.1) is 17.1 Å². The second-order valence-corrected chi connectivity index (χ2v) is 4.30. The second kappa shape index (κ2) is 5.26. The van der Waals surface area contributed by atoms with Gasteiger partial charge in [0.15, 0.2) is 0 Å². The molecule has 0 atom stereocenters. The van der Waals surface area contributed by atoms with Gasteiger partial charge in [0.1, 0.15) is 11.9 Å². The first-order valence-electron chi connectivity index (χ1n) is 5.68. The van der Waals surface area contributed by atoms with E-state index in [0.717, 1.165) is 12.8 Å². The third-order valence-corrected chi connectivity index (χ3v) is 3.21. The van der Waals surface area contributed by atoms with Crippen molar-refractivity contribution < 1.29 is 9.13 Å². The van der Waals surface area contributed by atoms with Crippen LogP contribution in [-0.2, 0) is 11.3 Å². The quantitative estimate of drug-likeness (QED) is 0.866. The molecule has 0 bridgehead atoms. The standard InChI is InChI=1S/C13H15FN2O/c1-17-12-5-11(6-12)16-8-10-4-2-3-9(7-15)13(10)14/h2-4,11-12,16H,5-6,8H2,1H3. The molecule has 1 aromatic rings. The Morgan fingerprint density at radius 3 is 2.94 bits per heavy atom. The van der Waals surface area contributed by atoms with Gasteiger partial charge in [-0.2, -0.15) is 5.26 Å². The van der Waals surface area contributed by atoms with Crippen molar-refractivity contribution in [1.82, 2.24) is 5.32 Å². The molecule has 4 heteroatoms. The number of methoxy groups -OCH3 is 1. The molecule has 1 aliphatic rings. The molecular weight excluding hydrogens is 219 g/mol. The average Bonchev–Trinajstić information content (AvgIpc) is 2.29. The Balaban J connectivity index is 1.90. The Hall–Kier alpha value is -1.44. The van der Waals surface area contributed by atoms with Gasteiger partial charge in [0, 0.05) is 25.3 Å². The molecule has 2 rings (SSSR count). The minimum absolute atomic E-state index is 0.104. The van der Waals surface area contributed by atoms with Crippen molar-refractivity contribution in [1.29, 1.82) is 5.26 Å². The third-order valence-electron chi connectivity index (χ3n) is 3.21. The highest BCUT2D eigenvalue weighted by Gasteiger charge is 2.28. The number of nitriles is 1. The van der Waals surface area contributed by atoms with Crippen LogP contribution in [0.2, 0.25) is 0 Å². The maximum absolute atomic E-state index is 13.7. The van der Waals surface area contributed by atoms with Gasteiger partial charge in [0.25, 0.3) is 0 Å². The summed E-state index contributed by atoms with van der Waals surface area (Å²) >= 11 is 0. The zero-order valence-corrected chi connectivity index (χ0v) is 9.74. The maximum Gasteiger partial charge on any atom is 0.145 e. The molecule has 0 aromatic heterocycles. The van der Waals surface area contributed by atoms with Crippen molar-refractivity contribution in [3.63, 3.8) is 0 Å². The summed E-state index contributed by atoms with van der Waals surface area (Å²) in [5.74, 6) is -0.412. The smallest absolute Gasteiger partial charge is 0.145 e. The van der Waals surface area contributed by atoms with Gasteiger partial charge in [0.05, 0.1) is 11.7 Å². The van der Waals surface area contributed by atoms with Crippen molar-refractivity contribution in [2.24, 2.45) is 0 Å². The number of rotatable bonds is 4. The van der Waals surface area contributed by atoms with Crippen LogP contribution in [0.15, 0.2) is 18.2 Å². The van der Waals surface area contributed by atoms with E-state index in [4.69, 9.17) is 10.00 Å². The van der Waals surface area contributed by atoms with E-state index in [0.29, 0.717) is 24.3 Å². The van der Waals surface area contributed by atoms with E-state index in [1.54, 1.807) is 19.2 Å². The summed E-state index contributed by atoms with van der Waals surface area (Å²) in [6.45, 7) is 0.461. The van der Waals surface area contributed by atoms with Crippen molar-refractivity contribution in [2.75, 3.05) is 7.11 Å². The van der Waals surface area contributed by atoms with Crippen molar-refractivity contribution in [2.45, 2.75) is 31.5 Å². The topological polar surface area (TPSA) is 45.0 Å². The predicted molar refractivity (Wildman–Crippen MR) is 61.8 cm³/mol. The van der Waals surface area contributed by atoms with Crippen LogP contribution in [0.5, 0.6) is 0 Å². The molecule has 0 saturated heterocycles. The molecule has 1 N–H and O–H groups in total. The molecule has 0 spiro atoms. The molecule has 1 fully saturated rings. The van der Waals surface area contributed by atoms with Crippen LogP contribution in [0.4, 0.5) is 4.39 Å². The lowest BCUT2D eigenvalue weighted by atomic mass is 9.89. The number of hydrogen-bond acceptors (Lipinski definition) is 3. The van der Waals surface area contributed by atoms with E-state index in [2.05, 4.69) is 5.32 Å². The van der Waals surface area contributed by atoms with Gasteiger partial charge in [-0.1, -0.05) is 12.1 Å². The van der Waals surface area contributed by atoms with E-state index in [1.807, 2.05) is 6.07 Å². The van der Waals surface area contributed by atoms with Crippen LogP contribution in [0.1, 0.15) is 24.0 Å². The zero-order valence-electron chi connectivity index (χ0n) is 9.74. The van der Waals surface area contributed by atoms with Gasteiger partial charge in [0.2, 0.25) is 0 Å². The van der Waals surface area contributed by atoms with Gasteiger partial charge in [-0.3, -0.25) is 0 Å². The fourth-order valence-corrected chi connectivity index (χ4v) is 1.98. The van der Waals surface area contributed by atoms with Crippen LogP contribution < -0.4 is 5.32 Å². The first kappa shape index (κ1) is 12.0. The molecule has 17 heavy (non-hydrogen) atoms. The summed E-state index contributed by atoms with van der Waals surface area (Å²) < 4.78 is 18.9. The van der Waals surface area contributed by atoms with Crippen molar-refractivity contribution in [3.05, 3.63) is 35.1 Å². The minimum Gasteiger partial charge on any atom is -0.381 e. The van der Waals surface area contributed by atoms with Crippen LogP contribution in [-0.4, -0.2) is 19.3 Å². The molecule has 0 heterocycles. The van der Waals surface area contributed by atoms with Gasteiger partial charge >= 0.3 is 0 Å². The van der Waals surface area contributed by atoms with Crippen LogP contribution in [0.25, 0.3) is 0 Å². The molecule has 0 unspecified atom stereocenters. The number of halogens is 1. The normalized spacial score (nSPS) is 22.9. The summed E-state index contributed by atoms with van der Waals surface area (Å²) in [5.41, 5.74) is 0.651. The van der Waals surface area contributed by atoms with Gasteiger partial charge in [-0.05, 0) is 18.9 Å². The summed E-state index contributed by atoms with van der Waals surface area (Å²) in [7, 11) is 1.71. The highest BCUT2D eigenvalue weighted by atomic mass is 19.1. The van der Waals surface area contributed by atoms with Crippen molar-refractivity contribution in [3.8, 4) is 6.07 Å². The summed E-state index contributed by atoms with van der Waals surface area (Å²) in [6, 6.07) is 7.14. The summed E-state index contributed by atoms with van der Waals surface area (Å²) in [6.07, 6.45) is 2.27. The molecular formula is C13H15FN2O. The van der Waals surface area contributed by atoms with E-state index in [1.165, 1.54) is 6.07 Å². The predicted octanol–water partition coefficient (Wildman–Crippen LogP) is 1.96. The highest BCUT2D eigenvalue weighted by Crippen LogP contribution is 2.23. The molecule has 1 saturated carbocycles. The van der Waals surface area contributed by atoms with E-state index in [9.17, 15) is 4.39 Å². The van der Waals surface area contributed by atoms with E-state index >= 15 is 0 Å². The van der Waals surface area contributed by atoms with Crippen molar-refractivity contribution >= 4 is 0 Å². The van der Waals surface area contributed by atoms with Gasteiger partial charge in [-0.25, -0.2) is 4.39 Å². The number of ether oxygens (including phenoxy) is 1. The average molecular weight is 234 g/mol. The minimum atomic E-state index is -0.412. The monoisotopic (exact) mass is 234 g/mol. The molecule has 1 aromatic carbocycles. The molecule has 90 valence electrons. The fourth-order valence-electron chi connectivity index (χ4n) is 1.98. The fraction of sp³-hybridized carbons (Fsp3) is 0.462. The Kier molecular flexibility index (Phi) is 3.72. The van der Waals surface area contributed by atoms with E-state index in [-0.39, 0.29) is 5.56 Å². The second-order valence-electron chi connectivity index (χ2n) is 4.30. The lowest BCUT2D eigenvalue weighted by molar-refractivity contribution is 0.0169. The summed E-state index contributed by atoms with van der Waals surface area (Å²) in [4.78, 5) is 0. The van der Waals surface area contributed by atoms with E-state index < -0.39 is 5.82 Å². The number of nitrogens with one attached hydrogen (secondary N) is 1. The van der Waals surface area contributed by atoms with Gasteiger partial charge in [-0.15, -0.1) is 0 Å². The zero-order chi connectivity index (χ0) is 12.3. The van der Waals surface area contributed by atoms with Crippen LogP contribution >= 0.6 is 0 Å². The number of nitrogens with zero attached hydrogens (tertiary/aromatic N) is 1. The summed E-state index contributed by atoms with van der Waals surface area (Å²) in [5, 5.41) is 12.0. The largest absolute Gasteiger partial charge is 0.381 e.